The van der Waals surface area contributed by atoms with Crippen molar-refractivity contribution in [3.05, 3.63) is 35.4 Å². The van der Waals surface area contributed by atoms with E-state index < -0.39 is 5.97 Å². The van der Waals surface area contributed by atoms with E-state index in [2.05, 4.69) is 11.4 Å². The fourth-order valence-electron chi connectivity index (χ4n) is 1.98. The molecule has 0 amide bonds. The van der Waals surface area contributed by atoms with E-state index in [-0.39, 0.29) is 12.3 Å². The van der Waals surface area contributed by atoms with Gasteiger partial charge < -0.3 is 10.4 Å². The van der Waals surface area contributed by atoms with Crippen LogP contribution >= 0.6 is 0 Å². The second kappa shape index (κ2) is 3.80. The number of carbonyl (C=O) groups is 1. The van der Waals surface area contributed by atoms with E-state index >= 15 is 0 Å². The first-order valence-electron chi connectivity index (χ1n) is 4.77. The molecule has 0 aliphatic carbocycles. The van der Waals surface area contributed by atoms with Crippen molar-refractivity contribution in [3.63, 3.8) is 0 Å². The van der Waals surface area contributed by atoms with Crippen molar-refractivity contribution in [2.45, 2.75) is 18.9 Å². The summed E-state index contributed by atoms with van der Waals surface area (Å²) < 4.78 is 0. The summed E-state index contributed by atoms with van der Waals surface area (Å²) in [6.07, 6.45) is 0.212. The summed E-state index contributed by atoms with van der Waals surface area (Å²) >= 11 is 0. The number of fused-ring (bicyclic) bond motifs is 1. The van der Waals surface area contributed by atoms with Gasteiger partial charge in [-0.1, -0.05) is 24.3 Å². The monoisotopic (exact) mass is 191 g/mol. The molecule has 2 N–H and O–H groups in total. The van der Waals surface area contributed by atoms with Crippen LogP contribution in [0.15, 0.2) is 24.3 Å². The van der Waals surface area contributed by atoms with Crippen molar-refractivity contribution in [2.75, 3.05) is 6.54 Å². The summed E-state index contributed by atoms with van der Waals surface area (Å²) in [5.74, 6) is -0.606. The van der Waals surface area contributed by atoms with Gasteiger partial charge in [-0.15, -0.1) is 0 Å². The molecule has 1 heterocycles. The lowest BCUT2D eigenvalue weighted by molar-refractivity contribution is -0.137. The van der Waals surface area contributed by atoms with Gasteiger partial charge in [0, 0.05) is 19.0 Å². The van der Waals surface area contributed by atoms with E-state index in [1.807, 2.05) is 18.2 Å². The SMILES string of the molecule is O=C(O)C[C@H]1CNCc2ccccc21. The summed E-state index contributed by atoms with van der Waals surface area (Å²) in [5.41, 5.74) is 2.42. The van der Waals surface area contributed by atoms with Gasteiger partial charge in [0.05, 0.1) is 6.42 Å². The van der Waals surface area contributed by atoms with E-state index in [0.29, 0.717) is 0 Å². The highest BCUT2D eigenvalue weighted by Crippen LogP contribution is 2.26. The molecule has 1 aliphatic rings. The minimum Gasteiger partial charge on any atom is -0.481 e. The first kappa shape index (κ1) is 9.21. The number of hydrogen-bond acceptors (Lipinski definition) is 2. The maximum Gasteiger partial charge on any atom is 0.304 e. The Morgan fingerprint density at radius 1 is 1.50 bits per heavy atom. The van der Waals surface area contributed by atoms with Crippen LogP contribution in [0, 0.1) is 0 Å². The van der Waals surface area contributed by atoms with Crippen molar-refractivity contribution < 1.29 is 9.90 Å². The molecule has 0 fully saturated rings. The Bertz CT molecular complexity index is 349. The van der Waals surface area contributed by atoms with Gasteiger partial charge in [-0.05, 0) is 11.1 Å². The zero-order valence-corrected chi connectivity index (χ0v) is 7.86. The molecule has 0 saturated carbocycles. The van der Waals surface area contributed by atoms with Gasteiger partial charge in [-0.2, -0.15) is 0 Å². The highest BCUT2D eigenvalue weighted by Gasteiger charge is 2.21. The molecule has 3 nitrogen and oxygen atoms in total. The molecule has 3 heteroatoms. The summed E-state index contributed by atoms with van der Waals surface area (Å²) in [7, 11) is 0. The largest absolute Gasteiger partial charge is 0.481 e. The molecule has 0 saturated heterocycles. The highest BCUT2D eigenvalue weighted by atomic mass is 16.4. The van der Waals surface area contributed by atoms with E-state index in [1.165, 1.54) is 11.1 Å². The van der Waals surface area contributed by atoms with Gasteiger partial charge in [-0.25, -0.2) is 0 Å². The van der Waals surface area contributed by atoms with Gasteiger partial charge in [0.2, 0.25) is 0 Å². The molecule has 1 aromatic rings. The number of benzene rings is 1. The zero-order chi connectivity index (χ0) is 9.97. The predicted octanol–water partition coefficient (Wildman–Crippen LogP) is 1.35. The Labute approximate surface area is 82.8 Å². The molecule has 0 radical (unpaired) electrons. The average Bonchev–Trinajstić information content (AvgIpc) is 2.18. The fourth-order valence-corrected chi connectivity index (χ4v) is 1.98. The molecule has 0 bridgehead atoms. The number of rotatable bonds is 2. The minimum absolute atomic E-state index is 0.123. The van der Waals surface area contributed by atoms with Crippen LogP contribution in [0.4, 0.5) is 0 Å². The van der Waals surface area contributed by atoms with E-state index in [0.717, 1.165) is 13.1 Å². The molecule has 1 atom stereocenters. The first-order chi connectivity index (χ1) is 6.77. The third-order valence-electron chi connectivity index (χ3n) is 2.62. The molecule has 74 valence electrons. The van der Waals surface area contributed by atoms with Crippen LogP contribution < -0.4 is 5.32 Å². The maximum atomic E-state index is 10.6. The molecular weight excluding hydrogens is 178 g/mol. The molecular formula is C11H13NO2. The van der Waals surface area contributed by atoms with Crippen molar-refractivity contribution in [1.82, 2.24) is 5.32 Å². The third-order valence-corrected chi connectivity index (χ3v) is 2.62. The second-order valence-corrected chi connectivity index (χ2v) is 3.62. The molecule has 1 aromatic carbocycles. The topological polar surface area (TPSA) is 49.3 Å². The lowest BCUT2D eigenvalue weighted by Crippen LogP contribution is -2.29. The van der Waals surface area contributed by atoms with E-state index in [1.54, 1.807) is 0 Å². The Hall–Kier alpha value is -1.35. The maximum absolute atomic E-state index is 10.6. The van der Waals surface area contributed by atoms with Crippen molar-refractivity contribution in [3.8, 4) is 0 Å². The van der Waals surface area contributed by atoms with Crippen LogP contribution in [0.2, 0.25) is 0 Å². The first-order valence-corrected chi connectivity index (χ1v) is 4.77. The Balaban J connectivity index is 2.26. The van der Waals surface area contributed by atoms with Crippen molar-refractivity contribution in [1.29, 1.82) is 0 Å². The number of carboxylic acid groups (broad SMARTS) is 1. The van der Waals surface area contributed by atoms with Crippen LogP contribution in [0.5, 0.6) is 0 Å². The molecule has 0 aromatic heterocycles. The highest BCUT2D eigenvalue weighted by molar-refractivity contribution is 5.68. The quantitative estimate of drug-likeness (QED) is 0.741. The summed E-state index contributed by atoms with van der Waals surface area (Å²) in [6, 6.07) is 8.04. The van der Waals surface area contributed by atoms with Crippen molar-refractivity contribution in [2.24, 2.45) is 0 Å². The molecule has 0 unspecified atom stereocenters. The van der Waals surface area contributed by atoms with E-state index in [4.69, 9.17) is 5.11 Å². The van der Waals surface area contributed by atoms with Gasteiger partial charge in [0.15, 0.2) is 0 Å². The second-order valence-electron chi connectivity index (χ2n) is 3.62. The molecule has 2 rings (SSSR count). The minimum atomic E-state index is -0.728. The number of carboxylic acids is 1. The lowest BCUT2D eigenvalue weighted by Gasteiger charge is -2.24. The smallest absolute Gasteiger partial charge is 0.304 e. The molecule has 1 aliphatic heterocycles. The Morgan fingerprint density at radius 2 is 2.29 bits per heavy atom. The van der Waals surface area contributed by atoms with Gasteiger partial charge in [0.25, 0.3) is 0 Å². The molecule has 0 spiro atoms. The average molecular weight is 191 g/mol. The molecule has 14 heavy (non-hydrogen) atoms. The fraction of sp³-hybridized carbons (Fsp3) is 0.364. The van der Waals surface area contributed by atoms with Crippen LogP contribution in [0.3, 0.4) is 0 Å². The predicted molar refractivity (Wildman–Crippen MR) is 53.1 cm³/mol. The van der Waals surface area contributed by atoms with Gasteiger partial charge in [-0.3, -0.25) is 4.79 Å². The van der Waals surface area contributed by atoms with Gasteiger partial charge >= 0.3 is 5.97 Å². The van der Waals surface area contributed by atoms with Crippen LogP contribution in [0.25, 0.3) is 0 Å². The summed E-state index contributed by atoms with van der Waals surface area (Å²) in [4.78, 5) is 10.6. The third kappa shape index (κ3) is 1.77. The number of hydrogen-bond donors (Lipinski definition) is 2. The Morgan fingerprint density at radius 3 is 3.07 bits per heavy atom. The standard InChI is InChI=1S/C11H13NO2/c13-11(14)5-9-7-12-6-8-3-1-2-4-10(8)9/h1-4,9,12H,5-7H2,(H,13,14)/t9-/m0/s1. The van der Waals surface area contributed by atoms with Crippen LogP contribution in [-0.4, -0.2) is 17.6 Å². The summed E-state index contributed by atoms with van der Waals surface area (Å²) in [5, 5.41) is 12.0. The van der Waals surface area contributed by atoms with Crippen molar-refractivity contribution >= 4 is 5.97 Å². The Kier molecular flexibility index (Phi) is 2.50. The van der Waals surface area contributed by atoms with Gasteiger partial charge in [0.1, 0.15) is 0 Å². The summed E-state index contributed by atoms with van der Waals surface area (Å²) in [6.45, 7) is 1.62. The zero-order valence-electron chi connectivity index (χ0n) is 7.86. The van der Waals surface area contributed by atoms with Crippen LogP contribution in [-0.2, 0) is 11.3 Å². The number of aliphatic carboxylic acids is 1. The normalized spacial score (nSPS) is 20.1. The van der Waals surface area contributed by atoms with Crippen LogP contribution in [0.1, 0.15) is 23.5 Å². The lowest BCUT2D eigenvalue weighted by atomic mass is 9.89. The van der Waals surface area contributed by atoms with E-state index in [9.17, 15) is 4.79 Å². The number of nitrogens with one attached hydrogen (secondary N) is 1.